The molecule has 0 bridgehead atoms. The van der Waals surface area contributed by atoms with Gasteiger partial charge in [0.2, 0.25) is 0 Å². The molecule has 0 aliphatic carbocycles. The normalized spacial score (nSPS) is 12.4. The molecule has 0 N–H and O–H groups in total. The van der Waals surface area contributed by atoms with E-state index in [-0.39, 0.29) is 16.6 Å². The molecule has 0 amide bonds. The van der Waals surface area contributed by atoms with Crippen molar-refractivity contribution in [3.8, 4) is 17.2 Å². The number of ketones is 1. The molecule has 0 fully saturated rings. The largest absolute Gasteiger partial charge is 0.483 e. The summed E-state index contributed by atoms with van der Waals surface area (Å²) >= 11 is 5.84. The number of rotatable bonds is 6. The van der Waals surface area contributed by atoms with E-state index in [1.165, 1.54) is 6.08 Å². The van der Waals surface area contributed by atoms with Crippen LogP contribution in [0, 0.1) is 0 Å². The second-order valence-corrected chi connectivity index (χ2v) is 5.49. The van der Waals surface area contributed by atoms with Gasteiger partial charge in [0.25, 0.3) is 0 Å². The minimum absolute atomic E-state index is 0.0959. The van der Waals surface area contributed by atoms with Gasteiger partial charge in [0.15, 0.2) is 11.9 Å². The van der Waals surface area contributed by atoms with Crippen LogP contribution in [0.25, 0.3) is 0 Å². The molecule has 2 aromatic carbocycles. The molecule has 1 atom stereocenters. The van der Waals surface area contributed by atoms with Crippen molar-refractivity contribution < 1.29 is 27.4 Å². The summed E-state index contributed by atoms with van der Waals surface area (Å²) in [5.74, 6) is 0.640. The van der Waals surface area contributed by atoms with Crippen molar-refractivity contribution in [3.05, 3.63) is 65.7 Å². The first kappa shape index (κ1) is 18.9. The Hall–Kier alpha value is -2.47. The van der Waals surface area contributed by atoms with Crippen LogP contribution in [0.5, 0.6) is 17.2 Å². The fourth-order valence-corrected chi connectivity index (χ4v) is 2.12. The molecule has 0 saturated heterocycles. The van der Waals surface area contributed by atoms with Gasteiger partial charge < -0.3 is 9.47 Å². The second-order valence-electron chi connectivity index (χ2n) is 5.08. The van der Waals surface area contributed by atoms with Crippen LogP contribution in [0.2, 0.25) is 5.02 Å². The number of alkyl halides is 3. The molecule has 0 heterocycles. The minimum atomic E-state index is -4.47. The van der Waals surface area contributed by atoms with Crippen LogP contribution >= 0.6 is 11.6 Å². The first-order valence-electron chi connectivity index (χ1n) is 7.18. The highest BCUT2D eigenvalue weighted by molar-refractivity contribution is 6.32. The van der Waals surface area contributed by atoms with Crippen LogP contribution in [0.4, 0.5) is 13.2 Å². The van der Waals surface area contributed by atoms with Crippen molar-refractivity contribution in [2.75, 3.05) is 0 Å². The van der Waals surface area contributed by atoms with E-state index in [0.717, 1.165) is 18.2 Å². The van der Waals surface area contributed by atoms with E-state index in [9.17, 15) is 18.0 Å². The third-order valence-corrected chi connectivity index (χ3v) is 3.52. The lowest BCUT2D eigenvalue weighted by molar-refractivity contribution is -0.137. The molecular formula is C18H14ClF3O3. The van der Waals surface area contributed by atoms with E-state index in [1.54, 1.807) is 31.2 Å². The molecule has 2 rings (SSSR count). The lowest BCUT2D eigenvalue weighted by Crippen LogP contribution is -2.21. The summed E-state index contributed by atoms with van der Waals surface area (Å²) < 4.78 is 48.7. The number of carbonyl (C=O) groups excluding carboxylic acids is 1. The first-order chi connectivity index (χ1) is 11.7. The highest BCUT2D eigenvalue weighted by atomic mass is 35.5. The Morgan fingerprint density at radius 2 is 1.76 bits per heavy atom. The number of hydrogen-bond donors (Lipinski definition) is 0. The molecule has 0 aliphatic heterocycles. The fraction of sp³-hybridized carbons (Fsp3) is 0.167. The Bertz CT molecular complexity index is 770. The zero-order valence-electron chi connectivity index (χ0n) is 13.1. The van der Waals surface area contributed by atoms with Crippen molar-refractivity contribution in [1.82, 2.24) is 0 Å². The van der Waals surface area contributed by atoms with Crippen LogP contribution in [-0.4, -0.2) is 11.9 Å². The maximum atomic E-state index is 12.6. The van der Waals surface area contributed by atoms with E-state index >= 15 is 0 Å². The minimum Gasteiger partial charge on any atom is -0.483 e. The van der Waals surface area contributed by atoms with Crippen LogP contribution in [0.15, 0.2) is 55.1 Å². The zero-order valence-corrected chi connectivity index (χ0v) is 13.9. The summed E-state index contributed by atoms with van der Waals surface area (Å²) in [6, 6.07) is 9.09. The molecule has 0 radical (unpaired) electrons. The van der Waals surface area contributed by atoms with Crippen LogP contribution in [0.1, 0.15) is 12.5 Å². The van der Waals surface area contributed by atoms with Gasteiger partial charge >= 0.3 is 6.18 Å². The van der Waals surface area contributed by atoms with Crippen LogP contribution < -0.4 is 9.47 Å². The maximum absolute atomic E-state index is 12.6. The molecule has 7 heteroatoms. The van der Waals surface area contributed by atoms with E-state index in [2.05, 4.69) is 6.58 Å². The molecule has 0 aliphatic rings. The topological polar surface area (TPSA) is 35.5 Å². The maximum Gasteiger partial charge on any atom is 0.416 e. The predicted molar refractivity (Wildman–Crippen MR) is 88.3 cm³/mol. The highest BCUT2D eigenvalue weighted by Crippen LogP contribution is 2.36. The number of ether oxygens (including phenoxy) is 2. The third-order valence-electron chi connectivity index (χ3n) is 3.23. The van der Waals surface area contributed by atoms with E-state index < -0.39 is 17.8 Å². The SMILES string of the molecule is C=CC(=O)C(C)Oc1ccc(Oc2ccc(C(F)(F)F)cc2Cl)cc1. The number of benzene rings is 2. The summed E-state index contributed by atoms with van der Waals surface area (Å²) in [5, 5.41) is -0.152. The summed E-state index contributed by atoms with van der Waals surface area (Å²) in [6.07, 6.45) is -3.97. The van der Waals surface area contributed by atoms with Gasteiger partial charge in [-0.15, -0.1) is 0 Å². The Kier molecular flexibility index (Phi) is 5.74. The third kappa shape index (κ3) is 5.00. The second kappa shape index (κ2) is 7.61. The van der Waals surface area contributed by atoms with Gasteiger partial charge in [-0.25, -0.2) is 0 Å². The number of halogens is 4. The Morgan fingerprint density at radius 1 is 1.16 bits per heavy atom. The molecule has 132 valence electrons. The molecule has 1 unspecified atom stereocenters. The van der Waals surface area contributed by atoms with Crippen LogP contribution in [0.3, 0.4) is 0 Å². The fourth-order valence-electron chi connectivity index (χ4n) is 1.90. The van der Waals surface area contributed by atoms with Crippen molar-refractivity contribution in [3.63, 3.8) is 0 Å². The predicted octanol–water partition coefficient (Wildman–Crippen LogP) is 5.67. The van der Waals surface area contributed by atoms with Crippen molar-refractivity contribution >= 4 is 17.4 Å². The van der Waals surface area contributed by atoms with Gasteiger partial charge in [0, 0.05) is 0 Å². The standard InChI is InChI=1S/C18H14ClF3O3/c1-3-16(23)11(2)24-13-5-7-14(8-6-13)25-17-9-4-12(10-15(17)19)18(20,21)22/h3-11H,1H2,2H3. The number of carbonyl (C=O) groups is 1. The quantitative estimate of drug-likeness (QED) is 0.614. The summed E-state index contributed by atoms with van der Waals surface area (Å²) in [6.45, 7) is 4.98. The van der Waals surface area contributed by atoms with Gasteiger partial charge in [0.1, 0.15) is 17.2 Å². The smallest absolute Gasteiger partial charge is 0.416 e. The van der Waals surface area contributed by atoms with E-state index in [4.69, 9.17) is 21.1 Å². The van der Waals surface area contributed by atoms with E-state index in [1.807, 2.05) is 0 Å². The van der Waals surface area contributed by atoms with Gasteiger partial charge in [0.05, 0.1) is 10.6 Å². The average molecular weight is 371 g/mol. The van der Waals surface area contributed by atoms with Crippen molar-refractivity contribution in [2.24, 2.45) is 0 Å². The van der Waals surface area contributed by atoms with Gasteiger partial charge in [-0.2, -0.15) is 13.2 Å². The molecule has 0 spiro atoms. The van der Waals surface area contributed by atoms with Crippen molar-refractivity contribution in [2.45, 2.75) is 19.2 Å². The Morgan fingerprint density at radius 3 is 2.28 bits per heavy atom. The molecule has 0 saturated carbocycles. The average Bonchev–Trinajstić information content (AvgIpc) is 2.56. The van der Waals surface area contributed by atoms with E-state index in [0.29, 0.717) is 11.5 Å². The summed E-state index contributed by atoms with van der Waals surface area (Å²) in [4.78, 5) is 11.4. The molecule has 0 aromatic heterocycles. The zero-order chi connectivity index (χ0) is 18.6. The number of hydrogen-bond acceptors (Lipinski definition) is 3. The van der Waals surface area contributed by atoms with Gasteiger partial charge in [-0.05, 0) is 55.5 Å². The molecule has 2 aromatic rings. The summed E-state index contributed by atoms with van der Waals surface area (Å²) in [7, 11) is 0. The van der Waals surface area contributed by atoms with Crippen LogP contribution in [-0.2, 0) is 11.0 Å². The summed E-state index contributed by atoms with van der Waals surface area (Å²) in [5.41, 5.74) is -0.852. The van der Waals surface area contributed by atoms with Crippen molar-refractivity contribution in [1.29, 1.82) is 0 Å². The Labute approximate surface area is 147 Å². The molecular weight excluding hydrogens is 357 g/mol. The first-order valence-corrected chi connectivity index (χ1v) is 7.56. The molecule has 25 heavy (non-hydrogen) atoms. The van der Waals surface area contributed by atoms with Gasteiger partial charge in [-0.1, -0.05) is 18.2 Å². The Balaban J connectivity index is 2.09. The molecule has 3 nitrogen and oxygen atoms in total. The lowest BCUT2D eigenvalue weighted by Gasteiger charge is -2.13. The highest BCUT2D eigenvalue weighted by Gasteiger charge is 2.31. The van der Waals surface area contributed by atoms with Gasteiger partial charge in [-0.3, -0.25) is 4.79 Å². The monoisotopic (exact) mass is 370 g/mol. The lowest BCUT2D eigenvalue weighted by atomic mass is 10.2.